The first-order valence-electron chi connectivity index (χ1n) is 7.75. The Morgan fingerprint density at radius 2 is 1.71 bits per heavy atom. The fourth-order valence-electron chi connectivity index (χ4n) is 2.71. The number of nitrogens with one attached hydrogen (secondary N) is 1. The number of hydrogen-bond donors (Lipinski definition) is 2. The van der Waals surface area contributed by atoms with Crippen LogP contribution in [0.5, 0.6) is 0 Å². The molecule has 6 nitrogen and oxygen atoms in total. The van der Waals surface area contributed by atoms with Crippen molar-refractivity contribution in [3.8, 4) is 0 Å². The van der Waals surface area contributed by atoms with Crippen molar-refractivity contribution >= 4 is 12.0 Å². The van der Waals surface area contributed by atoms with E-state index in [1.807, 2.05) is 0 Å². The molecule has 1 heterocycles. The molecule has 0 aromatic carbocycles. The Bertz CT molecular complexity index is 357. The molecule has 0 radical (unpaired) electrons. The number of likely N-dealkylation sites (tertiary alicyclic amines) is 1. The smallest absolute Gasteiger partial charge is 0.317 e. The van der Waals surface area contributed by atoms with Crippen LogP contribution in [0, 0.1) is 11.8 Å². The summed E-state index contributed by atoms with van der Waals surface area (Å²) in [5, 5.41) is 11.8. The molecule has 0 aliphatic carbocycles. The zero-order chi connectivity index (χ0) is 16.2. The van der Waals surface area contributed by atoms with Gasteiger partial charge < -0.3 is 15.3 Å². The van der Waals surface area contributed by atoms with Crippen molar-refractivity contribution in [2.75, 3.05) is 26.2 Å². The van der Waals surface area contributed by atoms with E-state index in [1.165, 1.54) is 0 Å². The molecule has 6 heteroatoms. The van der Waals surface area contributed by atoms with Gasteiger partial charge in [0.25, 0.3) is 0 Å². The number of carbonyl (C=O) groups excluding carboxylic acids is 1. The summed E-state index contributed by atoms with van der Waals surface area (Å²) >= 11 is 0. The van der Waals surface area contributed by atoms with Crippen molar-refractivity contribution in [2.45, 2.75) is 46.7 Å². The Hall–Kier alpha value is -1.30. The van der Waals surface area contributed by atoms with Crippen LogP contribution in [0.15, 0.2) is 0 Å². The minimum Gasteiger partial charge on any atom is -0.481 e. The topological polar surface area (TPSA) is 72.9 Å². The molecule has 2 amide bonds. The zero-order valence-corrected chi connectivity index (χ0v) is 13.8. The molecule has 122 valence electrons. The maximum atomic E-state index is 11.9. The van der Waals surface area contributed by atoms with Crippen LogP contribution in [0.25, 0.3) is 0 Å². The summed E-state index contributed by atoms with van der Waals surface area (Å²) in [6.07, 6.45) is 0. The summed E-state index contributed by atoms with van der Waals surface area (Å²) in [5.41, 5.74) is 0. The number of urea groups is 1. The number of aliphatic carboxylic acids is 1. The van der Waals surface area contributed by atoms with Gasteiger partial charge in [0.1, 0.15) is 0 Å². The highest BCUT2D eigenvalue weighted by atomic mass is 16.4. The fraction of sp³-hybridized carbons (Fsp3) is 0.867. The maximum absolute atomic E-state index is 11.9. The first-order valence-corrected chi connectivity index (χ1v) is 7.75. The monoisotopic (exact) mass is 299 g/mol. The number of hydrogen-bond acceptors (Lipinski definition) is 3. The highest BCUT2D eigenvalue weighted by Crippen LogP contribution is 2.23. The van der Waals surface area contributed by atoms with Crippen LogP contribution in [0.1, 0.15) is 34.6 Å². The van der Waals surface area contributed by atoms with Gasteiger partial charge >= 0.3 is 12.0 Å². The molecule has 1 fully saturated rings. The zero-order valence-electron chi connectivity index (χ0n) is 13.8. The molecule has 0 saturated carbocycles. The minimum absolute atomic E-state index is 0.0797. The van der Waals surface area contributed by atoms with Crippen LogP contribution in [0.3, 0.4) is 0 Å². The van der Waals surface area contributed by atoms with E-state index in [0.717, 1.165) is 6.54 Å². The van der Waals surface area contributed by atoms with Gasteiger partial charge in [-0.05, 0) is 27.7 Å². The van der Waals surface area contributed by atoms with Crippen LogP contribution < -0.4 is 5.32 Å². The van der Waals surface area contributed by atoms with Gasteiger partial charge in [0, 0.05) is 44.2 Å². The summed E-state index contributed by atoms with van der Waals surface area (Å²) in [5.74, 6) is -1.09. The summed E-state index contributed by atoms with van der Waals surface area (Å²) < 4.78 is 0. The molecule has 1 atom stereocenters. The van der Waals surface area contributed by atoms with Gasteiger partial charge in [-0.1, -0.05) is 6.92 Å². The largest absolute Gasteiger partial charge is 0.481 e. The fourth-order valence-corrected chi connectivity index (χ4v) is 2.71. The van der Waals surface area contributed by atoms with Crippen LogP contribution >= 0.6 is 0 Å². The van der Waals surface area contributed by atoms with E-state index in [4.69, 9.17) is 5.11 Å². The Kier molecular flexibility index (Phi) is 6.45. The third kappa shape index (κ3) is 4.88. The number of rotatable bonds is 7. The molecule has 0 aromatic rings. The van der Waals surface area contributed by atoms with Crippen LogP contribution in [-0.2, 0) is 4.79 Å². The van der Waals surface area contributed by atoms with Crippen molar-refractivity contribution < 1.29 is 14.7 Å². The molecule has 2 N–H and O–H groups in total. The molecule has 1 unspecified atom stereocenters. The number of carbonyl (C=O) groups is 2. The lowest BCUT2D eigenvalue weighted by Crippen LogP contribution is -2.57. The molecule has 0 aromatic heterocycles. The molecule has 1 saturated heterocycles. The van der Waals surface area contributed by atoms with Crippen molar-refractivity contribution in [1.29, 1.82) is 0 Å². The highest BCUT2D eigenvalue weighted by Gasteiger charge is 2.37. The van der Waals surface area contributed by atoms with Crippen LogP contribution in [0.4, 0.5) is 4.79 Å². The molecular weight excluding hydrogens is 270 g/mol. The average molecular weight is 299 g/mol. The average Bonchev–Trinajstić information content (AvgIpc) is 2.31. The van der Waals surface area contributed by atoms with Crippen LogP contribution in [0.2, 0.25) is 0 Å². The van der Waals surface area contributed by atoms with E-state index >= 15 is 0 Å². The van der Waals surface area contributed by atoms with Gasteiger partial charge in [-0.25, -0.2) is 4.79 Å². The first-order chi connectivity index (χ1) is 9.73. The van der Waals surface area contributed by atoms with E-state index in [1.54, 1.807) is 11.8 Å². The summed E-state index contributed by atoms with van der Waals surface area (Å²) in [6.45, 7) is 12.8. The normalized spacial score (nSPS) is 17.2. The summed E-state index contributed by atoms with van der Waals surface area (Å²) in [4.78, 5) is 26.8. The second-order valence-electron chi connectivity index (χ2n) is 6.45. The molecule has 0 bridgehead atoms. The van der Waals surface area contributed by atoms with E-state index in [-0.39, 0.29) is 17.9 Å². The lowest BCUT2D eigenvalue weighted by Gasteiger charge is -2.41. The second kappa shape index (κ2) is 7.64. The molecule has 21 heavy (non-hydrogen) atoms. The summed E-state index contributed by atoms with van der Waals surface area (Å²) in [6, 6.07) is 0.815. The predicted molar refractivity (Wildman–Crippen MR) is 82.2 cm³/mol. The highest BCUT2D eigenvalue weighted by molar-refractivity contribution is 5.76. The van der Waals surface area contributed by atoms with Crippen molar-refractivity contribution in [2.24, 2.45) is 11.8 Å². The minimum atomic E-state index is -0.787. The molecule has 1 rings (SSSR count). The Morgan fingerprint density at radius 1 is 1.19 bits per heavy atom. The van der Waals surface area contributed by atoms with Crippen molar-refractivity contribution in [3.63, 3.8) is 0 Å². The van der Waals surface area contributed by atoms with Crippen molar-refractivity contribution in [1.82, 2.24) is 15.1 Å². The van der Waals surface area contributed by atoms with Crippen LogP contribution in [-0.4, -0.2) is 65.2 Å². The van der Waals surface area contributed by atoms with Crippen molar-refractivity contribution in [3.05, 3.63) is 0 Å². The van der Waals surface area contributed by atoms with E-state index < -0.39 is 5.97 Å². The molecule has 0 spiro atoms. The lowest BCUT2D eigenvalue weighted by molar-refractivity contribution is -0.144. The maximum Gasteiger partial charge on any atom is 0.317 e. The third-order valence-corrected chi connectivity index (χ3v) is 4.27. The van der Waals surface area contributed by atoms with E-state index in [0.29, 0.717) is 31.7 Å². The number of carboxylic acids is 1. The Labute approximate surface area is 127 Å². The predicted octanol–water partition coefficient (Wildman–Crippen LogP) is 1.47. The third-order valence-electron chi connectivity index (χ3n) is 4.27. The van der Waals surface area contributed by atoms with Gasteiger partial charge in [0.15, 0.2) is 0 Å². The summed E-state index contributed by atoms with van der Waals surface area (Å²) in [7, 11) is 0. The van der Waals surface area contributed by atoms with Gasteiger partial charge in [0.2, 0.25) is 0 Å². The van der Waals surface area contributed by atoms with Gasteiger partial charge in [0.05, 0.1) is 5.92 Å². The Morgan fingerprint density at radius 3 is 2.14 bits per heavy atom. The second-order valence-corrected chi connectivity index (χ2v) is 6.45. The van der Waals surface area contributed by atoms with E-state index in [9.17, 15) is 9.59 Å². The number of amides is 2. The molecular formula is C15H29N3O3. The Balaban J connectivity index is 2.26. The SMILES string of the molecule is CC(C(=O)O)C1CN(C(=O)NCCN(C(C)C)C(C)C)C1. The van der Waals surface area contributed by atoms with E-state index in [2.05, 4.69) is 37.9 Å². The number of nitrogens with zero attached hydrogens (tertiary/aromatic N) is 2. The quantitative estimate of drug-likeness (QED) is 0.746. The van der Waals surface area contributed by atoms with Gasteiger partial charge in [-0.3, -0.25) is 9.69 Å². The standard InChI is InChI=1S/C15H29N3O3/c1-10(2)18(11(3)4)7-6-16-15(21)17-8-13(9-17)12(5)14(19)20/h10-13H,6-9H2,1-5H3,(H,16,21)(H,19,20). The lowest BCUT2D eigenvalue weighted by atomic mass is 9.87. The number of carboxylic acid groups (broad SMARTS) is 1. The van der Waals surface area contributed by atoms with Gasteiger partial charge in [-0.15, -0.1) is 0 Å². The molecule has 1 aliphatic heterocycles. The first kappa shape index (κ1) is 17.8. The van der Waals surface area contributed by atoms with Gasteiger partial charge in [-0.2, -0.15) is 0 Å². The molecule has 1 aliphatic rings.